The van der Waals surface area contributed by atoms with E-state index in [1.165, 1.54) is 5.56 Å². The molecule has 25 heavy (non-hydrogen) atoms. The highest BCUT2D eigenvalue weighted by atomic mass is 16.6. The summed E-state index contributed by atoms with van der Waals surface area (Å²) in [6.45, 7) is 15.6. The molecule has 0 saturated carbocycles. The van der Waals surface area contributed by atoms with Crippen LogP contribution in [0.2, 0.25) is 0 Å². The molecule has 4 heteroatoms. The molecule has 1 saturated heterocycles. The van der Waals surface area contributed by atoms with Crippen LogP contribution in [0.25, 0.3) is 0 Å². The second-order valence-electron chi connectivity index (χ2n) is 8.53. The van der Waals surface area contributed by atoms with Gasteiger partial charge in [-0.3, -0.25) is 4.90 Å². The van der Waals surface area contributed by atoms with Crippen molar-refractivity contribution < 1.29 is 9.53 Å². The Labute approximate surface area is 152 Å². The Morgan fingerprint density at radius 2 is 1.56 bits per heavy atom. The first-order chi connectivity index (χ1) is 11.6. The van der Waals surface area contributed by atoms with Gasteiger partial charge in [-0.15, -0.1) is 0 Å². The van der Waals surface area contributed by atoms with E-state index in [2.05, 4.69) is 68.2 Å². The molecule has 1 heterocycles. The Balaban J connectivity index is 2.09. The summed E-state index contributed by atoms with van der Waals surface area (Å²) >= 11 is 0. The van der Waals surface area contributed by atoms with Gasteiger partial charge in [0.25, 0.3) is 0 Å². The van der Waals surface area contributed by atoms with Crippen molar-refractivity contribution in [3.63, 3.8) is 0 Å². The molecule has 140 valence electrons. The fourth-order valence-electron chi connectivity index (χ4n) is 3.84. The molecule has 1 aromatic rings. The molecule has 0 bridgehead atoms. The van der Waals surface area contributed by atoms with Crippen LogP contribution in [0.1, 0.15) is 54.0 Å². The molecule has 5 atom stereocenters. The normalized spacial score (nSPS) is 30.8. The van der Waals surface area contributed by atoms with Crippen LogP contribution in [-0.4, -0.2) is 34.7 Å². The number of ether oxygens (including phenoxy) is 1. The molecule has 4 nitrogen and oxygen atoms in total. The van der Waals surface area contributed by atoms with Crippen molar-refractivity contribution in [3.8, 4) is 0 Å². The third-order valence-corrected chi connectivity index (χ3v) is 5.59. The van der Waals surface area contributed by atoms with Crippen LogP contribution in [0.5, 0.6) is 0 Å². The molecule has 0 spiro atoms. The summed E-state index contributed by atoms with van der Waals surface area (Å²) < 4.78 is 5.47. The summed E-state index contributed by atoms with van der Waals surface area (Å²) in [6.07, 6.45) is -0.313. The van der Waals surface area contributed by atoms with E-state index in [-0.39, 0.29) is 12.1 Å². The topological polar surface area (TPSA) is 41.6 Å². The van der Waals surface area contributed by atoms with E-state index in [0.29, 0.717) is 23.9 Å². The van der Waals surface area contributed by atoms with Crippen molar-refractivity contribution in [2.24, 2.45) is 11.8 Å². The summed E-state index contributed by atoms with van der Waals surface area (Å²) in [6, 6.07) is 11.5. The van der Waals surface area contributed by atoms with E-state index in [1.807, 2.05) is 20.8 Å². The van der Waals surface area contributed by atoms with Gasteiger partial charge in [0.15, 0.2) is 0 Å². The number of hydrogen-bond acceptors (Lipinski definition) is 3. The summed E-state index contributed by atoms with van der Waals surface area (Å²) in [4.78, 5) is 14.8. The fraction of sp³-hybridized carbons (Fsp3) is 0.667. The van der Waals surface area contributed by atoms with Gasteiger partial charge in [-0.25, -0.2) is 4.79 Å². The zero-order valence-corrected chi connectivity index (χ0v) is 16.7. The Morgan fingerprint density at radius 1 is 1.04 bits per heavy atom. The monoisotopic (exact) mass is 346 g/mol. The zero-order valence-electron chi connectivity index (χ0n) is 16.7. The molecule has 0 aromatic heterocycles. The minimum Gasteiger partial charge on any atom is -0.444 e. The van der Waals surface area contributed by atoms with Gasteiger partial charge in [0.2, 0.25) is 0 Å². The van der Waals surface area contributed by atoms with Gasteiger partial charge >= 0.3 is 6.09 Å². The molecule has 0 aliphatic carbocycles. The Kier molecular flexibility index (Phi) is 6.15. The van der Waals surface area contributed by atoms with E-state index < -0.39 is 5.60 Å². The fourth-order valence-corrected chi connectivity index (χ4v) is 3.84. The Hall–Kier alpha value is -1.55. The Bertz CT molecular complexity index is 551. The number of carbonyl (C=O) groups is 1. The van der Waals surface area contributed by atoms with Crippen LogP contribution < -0.4 is 5.32 Å². The predicted molar refractivity (Wildman–Crippen MR) is 102 cm³/mol. The average molecular weight is 347 g/mol. The molecule has 1 N–H and O–H groups in total. The van der Waals surface area contributed by atoms with Crippen LogP contribution in [0, 0.1) is 11.8 Å². The van der Waals surface area contributed by atoms with Crippen molar-refractivity contribution in [1.82, 2.24) is 10.2 Å². The van der Waals surface area contributed by atoms with Gasteiger partial charge < -0.3 is 10.1 Å². The number of piperidine rings is 1. The molecule has 1 aliphatic rings. The summed E-state index contributed by atoms with van der Waals surface area (Å²) in [5, 5.41) is 3.13. The molecule has 1 aromatic carbocycles. The summed E-state index contributed by atoms with van der Waals surface area (Å²) in [5.41, 5.74) is 0.862. The highest BCUT2D eigenvalue weighted by molar-refractivity contribution is 5.68. The number of nitrogens with one attached hydrogen (secondary N) is 1. The van der Waals surface area contributed by atoms with Crippen molar-refractivity contribution in [2.45, 2.75) is 78.7 Å². The highest BCUT2D eigenvalue weighted by Gasteiger charge is 2.42. The molecule has 1 unspecified atom stereocenters. The minimum absolute atomic E-state index is 0.117. The van der Waals surface area contributed by atoms with E-state index in [9.17, 15) is 4.79 Å². The van der Waals surface area contributed by atoms with Crippen LogP contribution >= 0.6 is 0 Å². The quantitative estimate of drug-likeness (QED) is 0.879. The van der Waals surface area contributed by atoms with Gasteiger partial charge in [0.1, 0.15) is 5.60 Å². The number of rotatable bonds is 3. The lowest BCUT2D eigenvalue weighted by Crippen LogP contribution is -2.62. The summed E-state index contributed by atoms with van der Waals surface area (Å²) in [5.74, 6) is 0.699. The zero-order chi connectivity index (χ0) is 18.8. The molecule has 1 fully saturated rings. The number of alkyl carbamates (subject to hydrolysis) is 1. The lowest BCUT2D eigenvalue weighted by Gasteiger charge is -2.50. The van der Waals surface area contributed by atoms with Gasteiger partial charge in [-0.05, 0) is 52.0 Å². The molecular formula is C21H34N2O2. The minimum atomic E-state index is -0.470. The number of amides is 1. The lowest BCUT2D eigenvalue weighted by molar-refractivity contribution is -0.0119. The van der Waals surface area contributed by atoms with Gasteiger partial charge in [-0.1, -0.05) is 44.2 Å². The molecule has 2 rings (SSSR count). The van der Waals surface area contributed by atoms with E-state index in [0.717, 1.165) is 6.54 Å². The van der Waals surface area contributed by atoms with Crippen LogP contribution in [-0.2, 0) is 11.3 Å². The largest absolute Gasteiger partial charge is 0.444 e. The van der Waals surface area contributed by atoms with Crippen molar-refractivity contribution in [3.05, 3.63) is 35.9 Å². The number of benzene rings is 1. The number of likely N-dealkylation sites (tertiary alicyclic amines) is 1. The first-order valence-electron chi connectivity index (χ1n) is 9.39. The SMILES string of the molecule is C[C@@H]1C(NC(=O)OC(C)(C)C)[C@@H](C)[C@H](C)N(Cc2ccccc2)[C@@H]1C. The highest BCUT2D eigenvalue weighted by Crippen LogP contribution is 2.33. The van der Waals surface area contributed by atoms with Gasteiger partial charge in [0.05, 0.1) is 0 Å². The van der Waals surface area contributed by atoms with E-state index in [1.54, 1.807) is 0 Å². The number of nitrogens with zero attached hydrogens (tertiary/aromatic N) is 1. The second-order valence-corrected chi connectivity index (χ2v) is 8.53. The van der Waals surface area contributed by atoms with E-state index >= 15 is 0 Å². The molecule has 1 aliphatic heterocycles. The smallest absolute Gasteiger partial charge is 0.407 e. The first kappa shape index (κ1) is 19.8. The Morgan fingerprint density at radius 3 is 2.04 bits per heavy atom. The summed E-state index contributed by atoms with van der Waals surface area (Å²) in [7, 11) is 0. The number of carbonyl (C=O) groups excluding carboxylic acids is 1. The third-order valence-electron chi connectivity index (χ3n) is 5.59. The second kappa shape index (κ2) is 7.77. The average Bonchev–Trinajstić information content (AvgIpc) is 2.53. The van der Waals surface area contributed by atoms with Crippen molar-refractivity contribution >= 4 is 6.09 Å². The van der Waals surface area contributed by atoms with Crippen LogP contribution in [0.15, 0.2) is 30.3 Å². The van der Waals surface area contributed by atoms with Crippen molar-refractivity contribution in [2.75, 3.05) is 0 Å². The third kappa shape index (κ3) is 4.97. The maximum absolute atomic E-state index is 12.3. The van der Waals surface area contributed by atoms with Crippen molar-refractivity contribution in [1.29, 1.82) is 0 Å². The first-order valence-corrected chi connectivity index (χ1v) is 9.39. The number of hydrogen-bond donors (Lipinski definition) is 1. The molecule has 1 amide bonds. The molecule has 0 radical (unpaired) electrons. The van der Waals surface area contributed by atoms with Gasteiger partial charge in [-0.2, -0.15) is 0 Å². The molecular weight excluding hydrogens is 312 g/mol. The maximum Gasteiger partial charge on any atom is 0.407 e. The predicted octanol–water partition coefficient (Wildman–Crippen LogP) is 4.44. The maximum atomic E-state index is 12.3. The van der Waals surface area contributed by atoms with Crippen LogP contribution in [0.4, 0.5) is 4.79 Å². The standard InChI is InChI=1S/C21H34N2O2/c1-14-16(3)23(13-18-11-9-8-10-12-18)17(4)15(2)19(14)22-20(24)25-21(5,6)7/h8-12,14-17,19H,13H2,1-7H3,(H,22,24)/t14-,15-,16-,17+,19?/m0/s1. The van der Waals surface area contributed by atoms with E-state index in [4.69, 9.17) is 4.74 Å². The van der Waals surface area contributed by atoms with Gasteiger partial charge in [0, 0.05) is 24.7 Å². The van der Waals surface area contributed by atoms with Crippen LogP contribution in [0.3, 0.4) is 0 Å². The lowest BCUT2D eigenvalue weighted by atomic mass is 9.76.